The zero-order chi connectivity index (χ0) is 14.5. The van der Waals surface area contributed by atoms with E-state index in [0.29, 0.717) is 12.8 Å². The maximum atomic E-state index is 10.1. The van der Waals surface area contributed by atoms with Crippen LogP contribution in [0.1, 0.15) is 33.1 Å². The smallest absolute Gasteiger partial charge is 0.121 e. The molecule has 0 amide bonds. The van der Waals surface area contributed by atoms with Crippen molar-refractivity contribution in [2.45, 2.75) is 63.1 Å². The molecule has 1 aliphatic heterocycles. The van der Waals surface area contributed by atoms with Crippen molar-refractivity contribution >= 4 is 0 Å². The third kappa shape index (κ3) is 4.00. The molecule has 1 fully saturated rings. The molecule has 112 valence electrons. The molecule has 0 aliphatic carbocycles. The Balaban J connectivity index is 2.55. The third-order valence-corrected chi connectivity index (χ3v) is 3.72. The second-order valence-corrected chi connectivity index (χ2v) is 5.18. The van der Waals surface area contributed by atoms with Gasteiger partial charge in [0.2, 0.25) is 0 Å². The molecule has 0 saturated carbocycles. The van der Waals surface area contributed by atoms with E-state index in [1.54, 1.807) is 19.3 Å². The van der Waals surface area contributed by atoms with Crippen LogP contribution in [0.5, 0.6) is 0 Å². The molecule has 5 atom stereocenters. The zero-order valence-corrected chi connectivity index (χ0v) is 12.0. The van der Waals surface area contributed by atoms with E-state index in [1.165, 1.54) is 0 Å². The molecule has 5 nitrogen and oxygen atoms in total. The Morgan fingerprint density at radius 1 is 1.37 bits per heavy atom. The minimum Gasteiger partial charge on any atom is -0.392 e. The fraction of sp³-hybridized carbons (Fsp3) is 0.857. The van der Waals surface area contributed by atoms with Gasteiger partial charge >= 0.3 is 0 Å². The number of hydrogen-bond donors (Lipinski definition) is 3. The van der Waals surface area contributed by atoms with Gasteiger partial charge in [-0.05, 0) is 19.8 Å². The summed E-state index contributed by atoms with van der Waals surface area (Å²) in [4.78, 5) is 0. The molecule has 5 heteroatoms. The molecule has 0 aromatic heterocycles. The van der Waals surface area contributed by atoms with E-state index >= 15 is 0 Å². The molecule has 1 unspecified atom stereocenters. The minimum atomic E-state index is -0.685. The minimum absolute atomic E-state index is 0.0381. The van der Waals surface area contributed by atoms with Crippen LogP contribution in [0.4, 0.5) is 0 Å². The summed E-state index contributed by atoms with van der Waals surface area (Å²) in [5, 5.41) is 28.8. The summed E-state index contributed by atoms with van der Waals surface area (Å²) in [5.41, 5.74) is -0.685. The second kappa shape index (κ2) is 7.36. The third-order valence-electron chi connectivity index (χ3n) is 3.72. The highest BCUT2D eigenvalue weighted by atomic mass is 16.6. The lowest BCUT2D eigenvalue weighted by Gasteiger charge is -2.22. The fourth-order valence-electron chi connectivity index (χ4n) is 2.38. The monoisotopic (exact) mass is 274 g/mol. The molecule has 0 radical (unpaired) electrons. The maximum Gasteiger partial charge on any atom is 0.121 e. The van der Waals surface area contributed by atoms with E-state index in [9.17, 15) is 10.2 Å². The molecule has 0 spiro atoms. The maximum absolute atomic E-state index is 10.1. The van der Waals surface area contributed by atoms with Crippen molar-refractivity contribution in [3.05, 3.63) is 12.2 Å². The number of aliphatic hydroxyl groups excluding tert-OH is 3. The van der Waals surface area contributed by atoms with Crippen LogP contribution in [0, 0.1) is 0 Å². The van der Waals surface area contributed by atoms with Crippen molar-refractivity contribution in [3.63, 3.8) is 0 Å². The van der Waals surface area contributed by atoms with Gasteiger partial charge in [-0.2, -0.15) is 0 Å². The second-order valence-electron chi connectivity index (χ2n) is 5.18. The largest absolute Gasteiger partial charge is 0.392 e. The van der Waals surface area contributed by atoms with Crippen LogP contribution in [0.15, 0.2) is 12.2 Å². The topological polar surface area (TPSA) is 82.5 Å². The van der Waals surface area contributed by atoms with Crippen LogP contribution >= 0.6 is 0 Å². The summed E-state index contributed by atoms with van der Waals surface area (Å²) >= 11 is 0. The molecular weight excluding hydrogens is 248 g/mol. The molecule has 1 heterocycles. The summed E-state index contributed by atoms with van der Waals surface area (Å²) in [6.45, 7) is 3.78. The first-order valence-corrected chi connectivity index (χ1v) is 6.83. The van der Waals surface area contributed by atoms with Crippen molar-refractivity contribution in [2.75, 3.05) is 13.7 Å². The van der Waals surface area contributed by atoms with E-state index in [4.69, 9.17) is 14.6 Å². The van der Waals surface area contributed by atoms with Crippen LogP contribution in [0.2, 0.25) is 0 Å². The van der Waals surface area contributed by atoms with Gasteiger partial charge in [-0.1, -0.05) is 25.5 Å². The van der Waals surface area contributed by atoms with Crippen LogP contribution in [-0.4, -0.2) is 59.1 Å². The van der Waals surface area contributed by atoms with Crippen molar-refractivity contribution < 1.29 is 24.8 Å². The number of rotatable bonds is 9. The highest BCUT2D eigenvalue weighted by molar-refractivity contribution is 5.10. The van der Waals surface area contributed by atoms with Crippen LogP contribution in [0.25, 0.3) is 0 Å². The summed E-state index contributed by atoms with van der Waals surface area (Å²) < 4.78 is 10.9. The Hall–Kier alpha value is -0.460. The van der Waals surface area contributed by atoms with E-state index in [2.05, 4.69) is 0 Å². The van der Waals surface area contributed by atoms with E-state index in [1.807, 2.05) is 13.8 Å². The summed E-state index contributed by atoms with van der Waals surface area (Å²) in [6, 6.07) is 0. The predicted octanol–water partition coefficient (Wildman–Crippen LogP) is 0.619. The molecule has 19 heavy (non-hydrogen) atoms. The van der Waals surface area contributed by atoms with E-state index in [0.717, 1.165) is 6.42 Å². The number of methoxy groups -OCH3 is 1. The van der Waals surface area contributed by atoms with Gasteiger partial charge < -0.3 is 24.8 Å². The average Bonchev–Trinajstić information content (AvgIpc) is 3.04. The summed E-state index contributed by atoms with van der Waals surface area (Å²) in [5.74, 6) is 0. The van der Waals surface area contributed by atoms with Crippen molar-refractivity contribution in [1.82, 2.24) is 0 Å². The van der Waals surface area contributed by atoms with Crippen molar-refractivity contribution in [2.24, 2.45) is 0 Å². The lowest BCUT2D eigenvalue weighted by atomic mass is 9.92. The zero-order valence-electron chi connectivity index (χ0n) is 12.0. The first-order chi connectivity index (χ1) is 9.01. The van der Waals surface area contributed by atoms with Crippen molar-refractivity contribution in [1.29, 1.82) is 0 Å². The van der Waals surface area contributed by atoms with Crippen LogP contribution < -0.4 is 0 Å². The lowest BCUT2D eigenvalue weighted by molar-refractivity contribution is -0.0306. The molecule has 0 aromatic rings. The number of ether oxygens (including phenoxy) is 2. The molecule has 1 aliphatic rings. The highest BCUT2D eigenvalue weighted by Crippen LogP contribution is 2.44. The number of aliphatic hydroxyl groups is 3. The first-order valence-electron chi connectivity index (χ1n) is 6.83. The molecule has 1 saturated heterocycles. The van der Waals surface area contributed by atoms with Crippen LogP contribution in [-0.2, 0) is 9.47 Å². The first kappa shape index (κ1) is 16.6. The van der Waals surface area contributed by atoms with E-state index in [-0.39, 0.29) is 12.7 Å². The normalized spacial score (nSPS) is 31.4. The highest BCUT2D eigenvalue weighted by Gasteiger charge is 2.61. The predicted molar refractivity (Wildman–Crippen MR) is 71.8 cm³/mol. The van der Waals surface area contributed by atoms with Gasteiger partial charge in [0, 0.05) is 7.11 Å². The Kier molecular flexibility index (Phi) is 6.42. The van der Waals surface area contributed by atoms with E-state index < -0.39 is 23.9 Å². The molecule has 3 N–H and O–H groups in total. The standard InChI is InChI=1S/C14H26O5/c1-4-7-10(16)12(18-3)13-14(2,19-13)11(17)8-5-6-9-15/h5-6,10-13,15-17H,4,7-9H2,1-3H3/b6-5+/t10-,11-,12+,13?,14+/m0/s1. The fourth-order valence-corrected chi connectivity index (χ4v) is 2.38. The Bertz CT molecular complexity index is 294. The summed E-state index contributed by atoms with van der Waals surface area (Å²) in [7, 11) is 1.55. The van der Waals surface area contributed by atoms with Crippen LogP contribution in [0.3, 0.4) is 0 Å². The summed E-state index contributed by atoms with van der Waals surface area (Å²) in [6.07, 6.45) is 3.27. The van der Waals surface area contributed by atoms with Gasteiger partial charge in [0.05, 0.1) is 18.8 Å². The van der Waals surface area contributed by atoms with Gasteiger partial charge in [0.1, 0.15) is 17.8 Å². The Morgan fingerprint density at radius 2 is 2.05 bits per heavy atom. The molecule has 0 bridgehead atoms. The molecular formula is C14H26O5. The van der Waals surface area contributed by atoms with Crippen molar-refractivity contribution in [3.8, 4) is 0 Å². The SMILES string of the molecule is CCC[C@H](O)[C@@H](OC)C1O[C@]1(C)[C@@H](O)C/C=C/CO. The molecule has 1 rings (SSSR count). The van der Waals surface area contributed by atoms with Gasteiger partial charge in [-0.15, -0.1) is 0 Å². The Morgan fingerprint density at radius 3 is 2.58 bits per heavy atom. The van der Waals surface area contributed by atoms with Gasteiger partial charge in [-0.25, -0.2) is 0 Å². The van der Waals surface area contributed by atoms with Gasteiger partial charge in [0.15, 0.2) is 0 Å². The van der Waals surface area contributed by atoms with Gasteiger partial charge in [-0.3, -0.25) is 0 Å². The number of epoxide rings is 1. The quantitative estimate of drug-likeness (QED) is 0.424. The Labute approximate surface area is 114 Å². The number of hydrogen-bond acceptors (Lipinski definition) is 5. The lowest BCUT2D eigenvalue weighted by Crippen LogP contribution is -2.39. The molecule has 0 aromatic carbocycles. The average molecular weight is 274 g/mol. The van der Waals surface area contributed by atoms with Gasteiger partial charge in [0.25, 0.3) is 0 Å².